The van der Waals surface area contributed by atoms with Crippen LogP contribution < -0.4 is 5.19 Å². The van der Waals surface area contributed by atoms with Gasteiger partial charge in [-0.1, -0.05) is 35.6 Å². The highest BCUT2D eigenvalue weighted by atomic mass is 79.9. The van der Waals surface area contributed by atoms with Gasteiger partial charge in [-0.15, -0.1) is 0 Å². The van der Waals surface area contributed by atoms with Gasteiger partial charge in [0.15, 0.2) is 0 Å². The molecule has 1 aromatic rings. The van der Waals surface area contributed by atoms with Crippen molar-refractivity contribution in [1.82, 2.24) is 0 Å². The molecule has 6 heteroatoms. The maximum atomic E-state index is 14.3. The molecule has 0 bridgehead atoms. The molecule has 0 N–H and O–H groups in total. The van der Waals surface area contributed by atoms with E-state index in [-0.39, 0.29) is 0 Å². The minimum absolute atomic E-state index is 0.359. The molecule has 0 aromatic heterocycles. The van der Waals surface area contributed by atoms with Gasteiger partial charge in [0.25, 0.3) is 0 Å². The molecule has 1 aromatic carbocycles. The molecule has 0 atom stereocenters. The summed E-state index contributed by atoms with van der Waals surface area (Å²) in [7, 11) is -2.08. The molecule has 0 aliphatic rings. The molecule has 1 rings (SSSR count). The maximum absolute atomic E-state index is 14.3. The van der Waals surface area contributed by atoms with Crippen molar-refractivity contribution in [3.8, 4) is 0 Å². The van der Waals surface area contributed by atoms with Crippen molar-refractivity contribution >= 4 is 35.0 Å². The van der Waals surface area contributed by atoms with Gasteiger partial charge >= 0.3 is 5.92 Å². The molecule has 0 aliphatic carbocycles. The molecule has 100 valence electrons. The third kappa shape index (κ3) is 3.03. The van der Waals surface area contributed by atoms with Gasteiger partial charge in [0.05, 0.1) is 13.6 Å². The third-order valence-electron chi connectivity index (χ3n) is 2.48. The van der Waals surface area contributed by atoms with E-state index in [0.29, 0.717) is 16.6 Å². The van der Waals surface area contributed by atoms with E-state index in [1.165, 1.54) is 6.07 Å². The van der Waals surface area contributed by atoms with Crippen molar-refractivity contribution in [2.45, 2.75) is 32.5 Å². The van der Waals surface area contributed by atoms with E-state index >= 15 is 0 Å². The summed E-state index contributed by atoms with van der Waals surface area (Å²) in [6.45, 7) is 6.13. The molecule has 0 heterocycles. The van der Waals surface area contributed by atoms with Gasteiger partial charge in [-0.25, -0.2) is 4.39 Å². The van der Waals surface area contributed by atoms with Gasteiger partial charge < -0.3 is 0 Å². The molecule has 0 amide bonds. The lowest BCUT2D eigenvalue weighted by molar-refractivity contribution is 0.0217. The zero-order valence-electron chi connectivity index (χ0n) is 10.6. The fraction of sp³-hybridized carbons (Fsp3) is 0.417. The summed E-state index contributed by atoms with van der Waals surface area (Å²) in [5, 5.41) is 0.359. The molecule has 0 saturated heterocycles. The first-order chi connectivity index (χ1) is 7.96. The lowest BCUT2D eigenvalue weighted by atomic mass is 10.1. The highest BCUT2D eigenvalue weighted by molar-refractivity contribution is 9.10. The summed E-state index contributed by atoms with van der Waals surface area (Å²) >= 11 is 3.21. The van der Waals surface area contributed by atoms with Crippen LogP contribution in [0, 0.1) is 5.82 Å². The average Bonchev–Trinajstić information content (AvgIpc) is 2.13. The topological polar surface area (TPSA) is 17.1 Å². The van der Waals surface area contributed by atoms with Gasteiger partial charge in [-0.05, 0) is 17.3 Å². The number of rotatable bonds is 3. The van der Waals surface area contributed by atoms with E-state index in [9.17, 15) is 18.0 Å². The van der Waals surface area contributed by atoms with Crippen LogP contribution in [-0.2, 0) is 0 Å². The van der Waals surface area contributed by atoms with Crippen molar-refractivity contribution < 1.29 is 18.0 Å². The Morgan fingerprint density at radius 2 is 1.78 bits per heavy atom. The standard InChI is InChI=1S/C12H14BrF3OSi/c1-12(15,16)11(17)7-5-6-8(13)10(9(7)14)18(2,3)4/h5-6H,1-4H3. The number of hydrogen-bond acceptors (Lipinski definition) is 1. The highest BCUT2D eigenvalue weighted by Crippen LogP contribution is 2.24. The van der Waals surface area contributed by atoms with Gasteiger partial charge in [0.2, 0.25) is 5.78 Å². The molecule has 0 radical (unpaired) electrons. The third-order valence-corrected chi connectivity index (χ3v) is 5.50. The van der Waals surface area contributed by atoms with Crippen LogP contribution in [0.1, 0.15) is 17.3 Å². The van der Waals surface area contributed by atoms with Crippen molar-refractivity contribution in [3.63, 3.8) is 0 Å². The molecule has 1 nitrogen and oxygen atoms in total. The average molecular weight is 339 g/mol. The summed E-state index contributed by atoms with van der Waals surface area (Å²) in [6, 6.07) is 2.55. The Bertz CT molecular complexity index is 489. The van der Waals surface area contributed by atoms with Gasteiger partial charge in [-0.3, -0.25) is 4.79 Å². The van der Waals surface area contributed by atoms with E-state index in [1.54, 1.807) is 0 Å². The summed E-state index contributed by atoms with van der Waals surface area (Å²) in [5.74, 6) is -5.87. The highest BCUT2D eigenvalue weighted by Gasteiger charge is 2.37. The largest absolute Gasteiger partial charge is 0.307 e. The molecule has 18 heavy (non-hydrogen) atoms. The summed E-state index contributed by atoms with van der Waals surface area (Å²) < 4.78 is 40.8. The van der Waals surface area contributed by atoms with Crippen molar-refractivity contribution in [2.75, 3.05) is 0 Å². The van der Waals surface area contributed by atoms with E-state index in [0.717, 1.165) is 6.07 Å². The summed E-state index contributed by atoms with van der Waals surface area (Å²) in [4.78, 5) is 11.5. The summed E-state index contributed by atoms with van der Waals surface area (Å²) in [5.41, 5.74) is -0.539. The Morgan fingerprint density at radius 1 is 1.28 bits per heavy atom. The molecule has 0 unspecified atom stereocenters. The second-order valence-electron chi connectivity index (χ2n) is 5.25. The molecular weight excluding hydrogens is 325 g/mol. The minimum atomic E-state index is -3.56. The predicted octanol–water partition coefficient (Wildman–Crippen LogP) is 3.97. The Hall–Kier alpha value is -0.623. The smallest absolute Gasteiger partial charge is 0.287 e. The zero-order valence-corrected chi connectivity index (χ0v) is 13.2. The zero-order chi connectivity index (χ0) is 14.3. The fourth-order valence-electron chi connectivity index (χ4n) is 1.65. The molecule has 0 fully saturated rings. The number of ketones is 1. The second kappa shape index (κ2) is 4.81. The Morgan fingerprint density at radius 3 is 2.17 bits per heavy atom. The number of alkyl halides is 2. The summed E-state index contributed by atoms with van der Waals surface area (Å²) in [6.07, 6.45) is 0. The van der Waals surface area contributed by atoms with E-state index in [2.05, 4.69) is 15.9 Å². The first kappa shape index (κ1) is 15.4. The van der Waals surface area contributed by atoms with Gasteiger partial charge in [0, 0.05) is 11.4 Å². The first-order valence-corrected chi connectivity index (χ1v) is 9.66. The molecule has 0 spiro atoms. The maximum Gasteiger partial charge on any atom is 0.307 e. The molecule has 0 aliphatic heterocycles. The number of benzene rings is 1. The number of Topliss-reactive ketones (excluding diaryl/α,β-unsaturated/α-hetero) is 1. The number of halogens is 4. The number of carbonyl (C=O) groups is 1. The number of carbonyl (C=O) groups excluding carboxylic acids is 1. The van der Waals surface area contributed by atoms with E-state index in [1.807, 2.05) is 19.6 Å². The first-order valence-electron chi connectivity index (χ1n) is 5.37. The van der Waals surface area contributed by atoms with Crippen LogP contribution in [0.2, 0.25) is 19.6 Å². The van der Waals surface area contributed by atoms with Crippen LogP contribution in [0.4, 0.5) is 13.2 Å². The number of hydrogen-bond donors (Lipinski definition) is 0. The normalized spacial score (nSPS) is 12.7. The monoisotopic (exact) mass is 338 g/mol. The van der Waals surface area contributed by atoms with Crippen LogP contribution >= 0.6 is 15.9 Å². The lowest BCUT2D eigenvalue weighted by Gasteiger charge is -2.21. The fourth-order valence-corrected chi connectivity index (χ4v) is 5.34. The molecule has 0 saturated carbocycles. The van der Waals surface area contributed by atoms with Crippen LogP contribution in [0.15, 0.2) is 16.6 Å². The Labute approximate surface area is 114 Å². The minimum Gasteiger partial charge on any atom is -0.287 e. The Balaban J connectivity index is 3.49. The van der Waals surface area contributed by atoms with Crippen LogP contribution in [-0.4, -0.2) is 19.8 Å². The SMILES string of the molecule is CC(F)(F)C(=O)c1ccc(Br)c([Si](C)(C)C)c1F. The van der Waals surface area contributed by atoms with E-state index in [4.69, 9.17) is 0 Å². The lowest BCUT2D eigenvalue weighted by Crippen LogP contribution is -2.42. The van der Waals surface area contributed by atoms with Crippen LogP contribution in [0.3, 0.4) is 0 Å². The van der Waals surface area contributed by atoms with E-state index < -0.39 is 31.2 Å². The Kier molecular flexibility index (Phi) is 4.12. The van der Waals surface area contributed by atoms with Gasteiger partial charge in [0.1, 0.15) is 5.82 Å². The predicted molar refractivity (Wildman–Crippen MR) is 72.0 cm³/mol. The van der Waals surface area contributed by atoms with Crippen molar-refractivity contribution in [3.05, 3.63) is 28.0 Å². The molecular formula is C12H14BrF3OSi. The van der Waals surface area contributed by atoms with Crippen molar-refractivity contribution in [2.24, 2.45) is 0 Å². The van der Waals surface area contributed by atoms with Crippen molar-refractivity contribution in [1.29, 1.82) is 0 Å². The second-order valence-corrected chi connectivity index (χ2v) is 11.1. The van der Waals surface area contributed by atoms with Gasteiger partial charge in [-0.2, -0.15) is 8.78 Å². The quantitative estimate of drug-likeness (QED) is 0.602. The van der Waals surface area contributed by atoms with Crippen LogP contribution in [0.25, 0.3) is 0 Å². The van der Waals surface area contributed by atoms with Crippen LogP contribution in [0.5, 0.6) is 0 Å².